The van der Waals surface area contributed by atoms with Crippen LogP contribution in [0.25, 0.3) is 21.8 Å². The third-order valence-corrected chi connectivity index (χ3v) is 4.84. The Morgan fingerprint density at radius 1 is 1.20 bits per heavy atom. The van der Waals surface area contributed by atoms with Gasteiger partial charge in [-0.15, -0.1) is 0 Å². The highest BCUT2D eigenvalue weighted by Gasteiger charge is 2.15. The number of nitrogens with two attached hydrogens (primary N) is 1. The van der Waals surface area contributed by atoms with Gasteiger partial charge in [-0.3, -0.25) is 9.93 Å². The summed E-state index contributed by atoms with van der Waals surface area (Å²) in [5, 5.41) is 13.6. The van der Waals surface area contributed by atoms with Crippen LogP contribution >= 0.6 is 11.9 Å². The van der Waals surface area contributed by atoms with Gasteiger partial charge in [-0.1, -0.05) is 12.1 Å². The number of hydrogen-bond acceptors (Lipinski definition) is 5. The molecule has 0 unspecified atom stereocenters. The van der Waals surface area contributed by atoms with Gasteiger partial charge < -0.3 is 9.30 Å². The van der Waals surface area contributed by atoms with Crippen molar-refractivity contribution in [2.24, 2.45) is 5.14 Å². The smallest absolute Gasteiger partial charge is 0.274 e. The number of rotatable bonds is 4. The van der Waals surface area contributed by atoms with Crippen molar-refractivity contribution in [2.75, 3.05) is 7.11 Å². The molecule has 6 nitrogen and oxygen atoms in total. The molecule has 0 saturated heterocycles. The van der Waals surface area contributed by atoms with Crippen LogP contribution in [-0.4, -0.2) is 21.9 Å². The maximum Gasteiger partial charge on any atom is 0.274 e. The SMILES string of the molecule is COc1ccc2c3c(=O)[nH]ncc3n(Cc3ccc(SN)cc3)c2c1. The number of H-pyrrole nitrogens is 1. The van der Waals surface area contributed by atoms with Gasteiger partial charge in [0.1, 0.15) is 5.75 Å². The van der Waals surface area contributed by atoms with Crippen LogP contribution in [0.15, 0.2) is 58.4 Å². The molecule has 0 bridgehead atoms. The maximum absolute atomic E-state index is 12.3. The van der Waals surface area contributed by atoms with E-state index in [9.17, 15) is 4.79 Å². The van der Waals surface area contributed by atoms with E-state index < -0.39 is 0 Å². The van der Waals surface area contributed by atoms with Crippen LogP contribution < -0.4 is 15.4 Å². The number of fused-ring (bicyclic) bond motifs is 3. The van der Waals surface area contributed by atoms with Crippen LogP contribution in [0.3, 0.4) is 0 Å². The van der Waals surface area contributed by atoms with E-state index in [1.807, 2.05) is 42.5 Å². The first kappa shape index (κ1) is 15.7. The molecule has 2 aromatic carbocycles. The molecule has 0 saturated carbocycles. The Labute approximate surface area is 147 Å². The second-order valence-corrected chi connectivity index (χ2v) is 6.40. The number of methoxy groups -OCH3 is 1. The van der Waals surface area contributed by atoms with Gasteiger partial charge in [0.05, 0.1) is 29.7 Å². The lowest BCUT2D eigenvalue weighted by Gasteiger charge is -2.09. The Hall–Kier alpha value is -2.77. The molecule has 0 aliphatic carbocycles. The third-order valence-electron chi connectivity index (χ3n) is 4.29. The Morgan fingerprint density at radius 3 is 2.72 bits per heavy atom. The lowest BCUT2D eigenvalue weighted by molar-refractivity contribution is 0.415. The van der Waals surface area contributed by atoms with E-state index in [1.54, 1.807) is 13.3 Å². The zero-order chi connectivity index (χ0) is 17.4. The zero-order valence-corrected chi connectivity index (χ0v) is 14.3. The summed E-state index contributed by atoms with van der Waals surface area (Å²) in [6.07, 6.45) is 1.69. The highest BCUT2D eigenvalue weighted by Crippen LogP contribution is 2.30. The van der Waals surface area contributed by atoms with Crippen molar-refractivity contribution in [3.8, 4) is 5.75 Å². The van der Waals surface area contributed by atoms with E-state index in [2.05, 4.69) is 14.8 Å². The molecule has 0 aliphatic heterocycles. The van der Waals surface area contributed by atoms with E-state index in [0.717, 1.165) is 32.6 Å². The Morgan fingerprint density at radius 2 is 2.00 bits per heavy atom. The van der Waals surface area contributed by atoms with Gasteiger partial charge >= 0.3 is 0 Å². The molecule has 4 aromatic rings. The van der Waals surface area contributed by atoms with E-state index in [-0.39, 0.29) is 5.56 Å². The van der Waals surface area contributed by atoms with Crippen molar-refractivity contribution in [2.45, 2.75) is 11.4 Å². The number of nitrogens with one attached hydrogen (secondary N) is 1. The fourth-order valence-corrected chi connectivity index (χ4v) is 3.38. The van der Waals surface area contributed by atoms with Crippen molar-refractivity contribution >= 4 is 33.8 Å². The molecule has 3 N–H and O–H groups in total. The summed E-state index contributed by atoms with van der Waals surface area (Å²) >= 11 is 1.22. The Bertz CT molecular complexity index is 1120. The second-order valence-electron chi connectivity index (χ2n) is 5.69. The molecule has 0 fully saturated rings. The van der Waals surface area contributed by atoms with Crippen molar-refractivity contribution < 1.29 is 4.74 Å². The summed E-state index contributed by atoms with van der Waals surface area (Å²) in [6, 6.07) is 13.8. The molecule has 7 heteroatoms. The van der Waals surface area contributed by atoms with Crippen LogP contribution in [0.5, 0.6) is 5.75 Å². The number of nitrogens with zero attached hydrogens (tertiary/aromatic N) is 2. The molecular formula is C18H16N4O2S. The summed E-state index contributed by atoms with van der Waals surface area (Å²) in [5.41, 5.74) is 2.65. The molecule has 25 heavy (non-hydrogen) atoms. The van der Waals surface area contributed by atoms with Gasteiger partial charge in [0.25, 0.3) is 5.56 Å². The van der Waals surface area contributed by atoms with Crippen LogP contribution in [0, 0.1) is 0 Å². The standard InChI is InChI=1S/C18H16N4O2S/c1-24-12-4-7-14-15(8-12)22(16-9-20-21-18(23)17(14)16)10-11-2-5-13(25-19)6-3-11/h2-9H,10,19H2,1H3,(H,21,23). The van der Waals surface area contributed by atoms with Crippen LogP contribution in [0.2, 0.25) is 0 Å². The average Bonchev–Trinajstić information content (AvgIpc) is 2.96. The van der Waals surface area contributed by atoms with Crippen molar-refractivity contribution in [3.05, 3.63) is 64.6 Å². The molecular weight excluding hydrogens is 336 g/mol. The number of ether oxygens (including phenoxy) is 1. The van der Waals surface area contributed by atoms with E-state index >= 15 is 0 Å². The second kappa shape index (κ2) is 6.27. The predicted octanol–water partition coefficient (Wildman–Crippen LogP) is 2.90. The Balaban J connectivity index is 1.95. The quantitative estimate of drug-likeness (QED) is 0.552. The number of aromatic amines is 1. The van der Waals surface area contributed by atoms with Crippen molar-refractivity contribution in [1.82, 2.24) is 14.8 Å². The van der Waals surface area contributed by atoms with E-state index in [1.165, 1.54) is 11.9 Å². The average molecular weight is 352 g/mol. The maximum atomic E-state index is 12.3. The normalized spacial score (nSPS) is 11.3. The highest BCUT2D eigenvalue weighted by atomic mass is 32.2. The summed E-state index contributed by atoms with van der Waals surface area (Å²) in [5.74, 6) is 0.746. The lowest BCUT2D eigenvalue weighted by Crippen LogP contribution is -2.08. The number of aromatic nitrogens is 3. The fraction of sp³-hybridized carbons (Fsp3) is 0.111. The minimum atomic E-state index is -0.193. The summed E-state index contributed by atoms with van der Waals surface area (Å²) in [6.45, 7) is 0.619. The van der Waals surface area contributed by atoms with Gasteiger partial charge in [0.15, 0.2) is 0 Å². The molecule has 4 rings (SSSR count). The van der Waals surface area contributed by atoms with Gasteiger partial charge in [-0.05, 0) is 41.8 Å². The van der Waals surface area contributed by atoms with Crippen LogP contribution in [-0.2, 0) is 6.54 Å². The van der Waals surface area contributed by atoms with E-state index in [4.69, 9.17) is 9.88 Å². The first-order valence-corrected chi connectivity index (χ1v) is 8.58. The Kier molecular flexibility index (Phi) is 3.95. The third kappa shape index (κ3) is 2.67. The number of benzene rings is 2. The van der Waals surface area contributed by atoms with Crippen LogP contribution in [0.1, 0.15) is 5.56 Å². The summed E-state index contributed by atoms with van der Waals surface area (Å²) in [7, 11) is 1.63. The lowest BCUT2D eigenvalue weighted by atomic mass is 10.2. The van der Waals surface area contributed by atoms with Crippen LogP contribution in [0.4, 0.5) is 0 Å². The largest absolute Gasteiger partial charge is 0.497 e. The summed E-state index contributed by atoms with van der Waals surface area (Å²) in [4.78, 5) is 13.3. The fourth-order valence-electron chi connectivity index (χ4n) is 3.08. The van der Waals surface area contributed by atoms with Gasteiger partial charge in [0, 0.05) is 22.9 Å². The minimum absolute atomic E-state index is 0.193. The molecule has 0 spiro atoms. The van der Waals surface area contributed by atoms with E-state index in [0.29, 0.717) is 11.9 Å². The summed E-state index contributed by atoms with van der Waals surface area (Å²) < 4.78 is 7.44. The van der Waals surface area contributed by atoms with Crippen molar-refractivity contribution in [3.63, 3.8) is 0 Å². The molecule has 0 atom stereocenters. The monoisotopic (exact) mass is 352 g/mol. The molecule has 2 heterocycles. The van der Waals surface area contributed by atoms with Gasteiger partial charge in [-0.25, -0.2) is 5.10 Å². The zero-order valence-electron chi connectivity index (χ0n) is 13.5. The van der Waals surface area contributed by atoms with Gasteiger partial charge in [-0.2, -0.15) is 5.10 Å². The predicted molar refractivity (Wildman–Crippen MR) is 100 cm³/mol. The topological polar surface area (TPSA) is 85.9 Å². The molecule has 0 radical (unpaired) electrons. The minimum Gasteiger partial charge on any atom is -0.497 e. The molecule has 2 aromatic heterocycles. The molecule has 0 amide bonds. The van der Waals surface area contributed by atoms with Crippen molar-refractivity contribution in [1.29, 1.82) is 0 Å². The first-order chi connectivity index (χ1) is 12.2. The van der Waals surface area contributed by atoms with Gasteiger partial charge in [0.2, 0.25) is 0 Å². The highest BCUT2D eigenvalue weighted by molar-refractivity contribution is 7.97. The first-order valence-electron chi connectivity index (χ1n) is 7.70. The molecule has 0 aliphatic rings. The number of hydrogen-bond donors (Lipinski definition) is 2. The molecule has 126 valence electrons.